The number of urea groups is 1. The molecule has 1 fully saturated rings. The van der Waals surface area contributed by atoms with Crippen LogP contribution in [0.3, 0.4) is 0 Å². The third kappa shape index (κ3) is 4.15. The minimum Gasteiger partial charge on any atom is -0.462 e. The number of furan rings is 1. The van der Waals surface area contributed by atoms with Crippen LogP contribution in [-0.2, 0) is 21.6 Å². The topological polar surface area (TPSA) is 119 Å². The van der Waals surface area contributed by atoms with Crippen LogP contribution in [0.2, 0.25) is 0 Å². The highest BCUT2D eigenvalue weighted by atomic mass is 32.3. The highest BCUT2D eigenvalue weighted by Crippen LogP contribution is 2.61. The quantitative estimate of drug-likeness (QED) is 0.391. The van der Waals surface area contributed by atoms with E-state index in [0.717, 1.165) is 29.5 Å². The molecule has 40 heavy (non-hydrogen) atoms. The molecule has 0 atom stereocenters. The summed E-state index contributed by atoms with van der Waals surface area (Å²) in [6.07, 6.45) is 9.67. The number of carbonyl (C=O) groups excluding carboxylic acids is 3. The molecule has 3 amide bonds. The van der Waals surface area contributed by atoms with Crippen LogP contribution in [0.4, 0.5) is 25.5 Å². The predicted octanol–water partition coefficient (Wildman–Crippen LogP) is 5.92. The summed E-state index contributed by atoms with van der Waals surface area (Å²) in [7, 11) is -1.27. The minimum atomic E-state index is -1.27. The van der Waals surface area contributed by atoms with Gasteiger partial charge in [-0.15, -0.1) is 4.68 Å². The van der Waals surface area contributed by atoms with Gasteiger partial charge in [-0.1, -0.05) is 0 Å². The lowest BCUT2D eigenvalue weighted by Crippen LogP contribution is -2.52. The van der Waals surface area contributed by atoms with Crippen LogP contribution in [0.1, 0.15) is 56.9 Å². The first-order valence-corrected chi connectivity index (χ1v) is 16.1. The number of aromatic nitrogens is 2. The van der Waals surface area contributed by atoms with Gasteiger partial charge in [0.2, 0.25) is 5.91 Å². The second-order valence-electron chi connectivity index (χ2n) is 11.7. The van der Waals surface area contributed by atoms with Crippen molar-refractivity contribution in [2.24, 2.45) is 0 Å². The number of nitrogens with one attached hydrogen (secondary N) is 2. The van der Waals surface area contributed by atoms with E-state index < -0.39 is 38.3 Å². The molecule has 1 aliphatic heterocycles. The van der Waals surface area contributed by atoms with E-state index in [1.54, 1.807) is 26.8 Å². The van der Waals surface area contributed by atoms with E-state index in [1.165, 1.54) is 17.2 Å². The molecule has 2 aliphatic rings. The zero-order chi connectivity index (χ0) is 29.2. The Kier molecular flexibility index (Phi) is 6.67. The fourth-order valence-electron chi connectivity index (χ4n) is 5.68. The van der Waals surface area contributed by atoms with Gasteiger partial charge in [0.05, 0.1) is 35.4 Å². The number of anilines is 2. The van der Waals surface area contributed by atoms with Crippen molar-refractivity contribution in [2.75, 3.05) is 36.0 Å². The van der Waals surface area contributed by atoms with Crippen LogP contribution in [0.15, 0.2) is 22.8 Å². The maximum absolute atomic E-state index is 14.8. The Morgan fingerprint density at radius 1 is 1.18 bits per heavy atom. The molecule has 0 saturated heterocycles. The summed E-state index contributed by atoms with van der Waals surface area (Å²) >= 11 is 0. The van der Waals surface area contributed by atoms with Gasteiger partial charge in [0.25, 0.3) is 0 Å². The summed E-state index contributed by atoms with van der Waals surface area (Å²) < 4.78 is 26.2. The molecule has 0 radical (unpaired) electrons. The summed E-state index contributed by atoms with van der Waals surface area (Å²) in [4.78, 5) is 41.7. The Morgan fingerprint density at radius 2 is 1.88 bits per heavy atom. The van der Waals surface area contributed by atoms with Crippen molar-refractivity contribution < 1.29 is 27.9 Å². The Hall–Kier alpha value is -3.54. The van der Waals surface area contributed by atoms with E-state index >= 15 is 0 Å². The van der Waals surface area contributed by atoms with Crippen LogP contribution in [-0.4, -0.2) is 62.8 Å². The summed E-state index contributed by atoms with van der Waals surface area (Å²) in [5, 5.41) is 10.9. The van der Waals surface area contributed by atoms with Gasteiger partial charge in [-0.05, 0) is 83.4 Å². The molecule has 1 aromatic carbocycles. The molecule has 2 aromatic heterocycles. The van der Waals surface area contributed by atoms with Crippen molar-refractivity contribution in [3.63, 3.8) is 0 Å². The second kappa shape index (κ2) is 9.53. The summed E-state index contributed by atoms with van der Waals surface area (Å²) in [5.74, 6) is -0.579. The Balaban J connectivity index is 1.50. The van der Waals surface area contributed by atoms with Gasteiger partial charge in [0, 0.05) is 10.9 Å². The number of ether oxygens (including phenoxy) is 1. The van der Waals surface area contributed by atoms with Crippen LogP contribution in [0, 0.1) is 12.7 Å². The zero-order valence-electron chi connectivity index (χ0n) is 23.9. The van der Waals surface area contributed by atoms with Crippen molar-refractivity contribution in [3.05, 3.63) is 41.0 Å². The smallest absolute Gasteiger partial charge is 0.436 e. The fourth-order valence-corrected chi connectivity index (χ4v) is 7.80. The van der Waals surface area contributed by atoms with E-state index in [0.29, 0.717) is 16.6 Å². The van der Waals surface area contributed by atoms with Gasteiger partial charge in [0.15, 0.2) is 11.4 Å². The number of hydrogen-bond donors (Lipinski definition) is 2. The average molecular weight is 574 g/mol. The van der Waals surface area contributed by atoms with Crippen LogP contribution in [0.5, 0.6) is 0 Å². The number of fused-ring (bicyclic) bond motifs is 2. The lowest BCUT2D eigenvalue weighted by Gasteiger charge is -2.53. The van der Waals surface area contributed by atoms with Crippen LogP contribution >= 0.6 is 10.0 Å². The molecule has 0 spiro atoms. The zero-order valence-corrected chi connectivity index (χ0v) is 24.8. The van der Waals surface area contributed by atoms with Gasteiger partial charge < -0.3 is 24.7 Å². The van der Waals surface area contributed by atoms with Gasteiger partial charge in [0.1, 0.15) is 11.5 Å². The summed E-state index contributed by atoms with van der Waals surface area (Å²) in [6.45, 7) is 7.27. The standard InChI is InChI=1S/C28H36FN5O5S/c1-8-38-26(37)34-23(31-24(35)28(12-9-13-28)40(5,6)7)18-14-33(27(3,4)22(18)32-34)25(36)30-20-19(29)11-10-17-16(2)15-39-21(17)20/h10-11,15H,8-9,12-14H2,1-7H3,(H,30,36)(H,31,35). The molecular formula is C28H36FN5O5S. The number of aryl methyl sites for hydroxylation is 1. The average Bonchev–Trinajstić information content (AvgIpc) is 3.46. The van der Waals surface area contributed by atoms with Crippen molar-refractivity contribution in [2.45, 2.75) is 63.8 Å². The lowest BCUT2D eigenvalue weighted by molar-refractivity contribution is -0.120. The molecule has 1 saturated carbocycles. The first-order chi connectivity index (χ1) is 18.7. The normalized spacial score (nSPS) is 17.8. The number of hydrogen-bond acceptors (Lipinski definition) is 6. The van der Waals surface area contributed by atoms with E-state index in [9.17, 15) is 18.8 Å². The number of halogens is 1. The van der Waals surface area contributed by atoms with E-state index in [2.05, 4.69) is 34.5 Å². The number of benzene rings is 1. The Morgan fingerprint density at radius 3 is 2.48 bits per heavy atom. The molecule has 3 heterocycles. The number of amides is 3. The number of rotatable bonds is 5. The number of nitrogens with zero attached hydrogens (tertiary/aromatic N) is 3. The van der Waals surface area contributed by atoms with Gasteiger partial charge in [-0.3, -0.25) is 4.79 Å². The predicted molar refractivity (Wildman–Crippen MR) is 154 cm³/mol. The highest BCUT2D eigenvalue weighted by molar-refractivity contribution is 8.33. The Labute approximate surface area is 233 Å². The lowest BCUT2D eigenvalue weighted by atomic mass is 9.83. The third-order valence-corrected chi connectivity index (χ3v) is 11.3. The molecule has 12 heteroatoms. The molecule has 10 nitrogen and oxygen atoms in total. The van der Waals surface area contributed by atoms with Crippen molar-refractivity contribution in [1.82, 2.24) is 14.7 Å². The third-order valence-electron chi connectivity index (χ3n) is 8.34. The molecule has 2 N–H and O–H groups in total. The molecular weight excluding hydrogens is 537 g/mol. The summed E-state index contributed by atoms with van der Waals surface area (Å²) in [6, 6.07) is 2.32. The van der Waals surface area contributed by atoms with Gasteiger partial charge in [-0.2, -0.15) is 5.10 Å². The van der Waals surface area contributed by atoms with Crippen molar-refractivity contribution in [1.29, 1.82) is 0 Å². The van der Waals surface area contributed by atoms with E-state index in [-0.39, 0.29) is 36.1 Å². The van der Waals surface area contributed by atoms with E-state index in [1.807, 2.05) is 6.92 Å². The molecule has 0 bridgehead atoms. The molecule has 3 aromatic rings. The van der Waals surface area contributed by atoms with Gasteiger partial charge >= 0.3 is 12.1 Å². The first kappa shape index (κ1) is 28.0. The molecule has 0 unspecified atom stereocenters. The molecule has 5 rings (SSSR count). The van der Waals surface area contributed by atoms with E-state index in [4.69, 9.17) is 9.15 Å². The van der Waals surface area contributed by atoms with Gasteiger partial charge in [-0.25, -0.2) is 24.0 Å². The molecule has 1 aliphatic carbocycles. The van der Waals surface area contributed by atoms with Crippen molar-refractivity contribution >= 4 is 50.5 Å². The maximum Gasteiger partial charge on any atom is 0.436 e. The largest absolute Gasteiger partial charge is 0.462 e. The SMILES string of the molecule is CCOC(=O)n1nc2c(c1NC(=O)C1(S(C)(C)C)CCC1)CN(C(=O)Nc1c(F)ccc3c(C)coc13)C2(C)C. The minimum absolute atomic E-state index is 0.0351. The number of carbonyl (C=O) groups is 3. The second-order valence-corrected chi connectivity index (χ2v) is 16.2. The molecule has 216 valence electrons. The Bertz CT molecular complexity index is 1530. The summed E-state index contributed by atoms with van der Waals surface area (Å²) in [5.41, 5.74) is 1.000. The van der Waals surface area contributed by atoms with Crippen LogP contribution in [0.25, 0.3) is 11.0 Å². The van der Waals surface area contributed by atoms with Crippen LogP contribution < -0.4 is 10.6 Å². The van der Waals surface area contributed by atoms with Crippen molar-refractivity contribution in [3.8, 4) is 0 Å². The first-order valence-electron chi connectivity index (χ1n) is 13.3. The fraction of sp³-hybridized carbons (Fsp3) is 0.500. The monoisotopic (exact) mass is 573 g/mol. The maximum atomic E-state index is 14.8. The highest BCUT2D eigenvalue weighted by Gasteiger charge is 2.52.